The largest absolute Gasteiger partial charge is 0.493 e. The third kappa shape index (κ3) is 4.68. The Morgan fingerprint density at radius 3 is 2.94 bits per heavy atom. The molecule has 0 bridgehead atoms. The molecule has 0 radical (unpaired) electrons. The topological polar surface area (TPSA) is 120 Å². The van der Waals surface area contributed by atoms with Gasteiger partial charge in [-0.3, -0.25) is 10.2 Å². The van der Waals surface area contributed by atoms with E-state index >= 15 is 4.39 Å². The first-order valence-electron chi connectivity index (χ1n) is 9.92. The fraction of sp³-hybridized carbons (Fsp3) is 0.174. The van der Waals surface area contributed by atoms with Crippen LogP contribution in [0.3, 0.4) is 0 Å². The zero-order chi connectivity index (χ0) is 23.5. The molecule has 0 aliphatic carbocycles. The van der Waals surface area contributed by atoms with Crippen LogP contribution in [0, 0.1) is 11.2 Å². The molecule has 0 unspecified atom stereocenters. The van der Waals surface area contributed by atoms with Crippen LogP contribution in [-0.2, 0) is 17.8 Å². The van der Waals surface area contributed by atoms with Crippen molar-refractivity contribution in [3.63, 3.8) is 0 Å². The first kappa shape index (κ1) is 22.3. The second-order valence-electron chi connectivity index (χ2n) is 7.21. The third-order valence-electron chi connectivity index (χ3n) is 5.06. The SMILES string of the molecule is COC(=N)c1cc(NC(=O)c2c(Cl)ccc(OCc3ccc4c(c3)CCO4)c2F)cnc1N. The molecule has 1 aromatic heterocycles. The summed E-state index contributed by atoms with van der Waals surface area (Å²) >= 11 is 6.11. The van der Waals surface area contributed by atoms with Crippen LogP contribution in [0.25, 0.3) is 0 Å². The number of nitrogens with two attached hydrogens (primary N) is 1. The molecule has 0 saturated heterocycles. The van der Waals surface area contributed by atoms with Gasteiger partial charge in [-0.05, 0) is 41.5 Å². The summed E-state index contributed by atoms with van der Waals surface area (Å²) in [5.41, 5.74) is 7.65. The van der Waals surface area contributed by atoms with Crippen molar-refractivity contribution in [2.75, 3.05) is 24.8 Å². The number of ether oxygens (including phenoxy) is 3. The molecule has 10 heteroatoms. The van der Waals surface area contributed by atoms with Gasteiger partial charge in [0.25, 0.3) is 5.91 Å². The van der Waals surface area contributed by atoms with Gasteiger partial charge in [0.05, 0.1) is 41.8 Å². The number of benzene rings is 2. The molecule has 4 rings (SSSR count). The summed E-state index contributed by atoms with van der Waals surface area (Å²) in [6.45, 7) is 0.749. The fourth-order valence-corrected chi connectivity index (χ4v) is 3.60. The summed E-state index contributed by atoms with van der Waals surface area (Å²) in [5.74, 6) is -1.14. The van der Waals surface area contributed by atoms with E-state index in [1.807, 2.05) is 18.2 Å². The van der Waals surface area contributed by atoms with Gasteiger partial charge in [0, 0.05) is 6.42 Å². The number of carbonyl (C=O) groups excluding carboxylic acids is 1. The minimum Gasteiger partial charge on any atom is -0.493 e. The van der Waals surface area contributed by atoms with Gasteiger partial charge in [0.15, 0.2) is 11.6 Å². The lowest BCUT2D eigenvalue weighted by atomic mass is 10.1. The van der Waals surface area contributed by atoms with Crippen molar-refractivity contribution in [3.8, 4) is 11.5 Å². The van der Waals surface area contributed by atoms with E-state index in [9.17, 15) is 4.79 Å². The lowest BCUT2D eigenvalue weighted by Crippen LogP contribution is -2.16. The zero-order valence-corrected chi connectivity index (χ0v) is 18.3. The lowest BCUT2D eigenvalue weighted by molar-refractivity contribution is 0.102. The number of aromatic nitrogens is 1. The maximum atomic E-state index is 15.2. The van der Waals surface area contributed by atoms with E-state index in [-0.39, 0.29) is 45.9 Å². The molecule has 33 heavy (non-hydrogen) atoms. The predicted octanol–water partition coefficient (Wildman–Crippen LogP) is 4.19. The Morgan fingerprint density at radius 1 is 1.33 bits per heavy atom. The van der Waals surface area contributed by atoms with Gasteiger partial charge >= 0.3 is 0 Å². The standard InChI is InChI=1S/C23H20ClFN4O4/c1-31-22(27)15-9-14(10-28-21(15)26)29-23(30)19-16(24)3-5-18(20(19)25)33-11-12-2-4-17-13(8-12)6-7-32-17/h2-5,8-10,27H,6-7,11H2,1H3,(H2,26,28)(H,29,30). The number of methoxy groups -OCH3 is 1. The Morgan fingerprint density at radius 2 is 2.15 bits per heavy atom. The minimum atomic E-state index is -0.891. The summed E-state index contributed by atoms with van der Waals surface area (Å²) < 4.78 is 31.1. The molecule has 2 aromatic carbocycles. The highest BCUT2D eigenvalue weighted by Crippen LogP contribution is 2.30. The van der Waals surface area contributed by atoms with Gasteiger partial charge in [-0.1, -0.05) is 17.7 Å². The Labute approximate surface area is 193 Å². The summed E-state index contributed by atoms with van der Waals surface area (Å²) in [7, 11) is 1.31. The number of hydrogen-bond acceptors (Lipinski definition) is 7. The molecule has 0 atom stereocenters. The third-order valence-corrected chi connectivity index (χ3v) is 5.37. The number of halogens is 2. The molecular formula is C23H20ClFN4O4. The average molecular weight is 471 g/mol. The summed E-state index contributed by atoms with van der Waals surface area (Å²) in [4.78, 5) is 16.7. The summed E-state index contributed by atoms with van der Waals surface area (Å²) in [5, 5.41) is 10.2. The van der Waals surface area contributed by atoms with E-state index in [0.29, 0.717) is 6.61 Å². The van der Waals surface area contributed by atoms with E-state index in [4.69, 9.17) is 37.0 Å². The average Bonchev–Trinajstić information content (AvgIpc) is 3.27. The molecule has 0 fully saturated rings. The van der Waals surface area contributed by atoms with Gasteiger partial charge in [-0.2, -0.15) is 0 Å². The maximum absolute atomic E-state index is 15.2. The first-order valence-corrected chi connectivity index (χ1v) is 10.3. The van der Waals surface area contributed by atoms with E-state index in [1.54, 1.807) is 0 Å². The molecule has 1 amide bonds. The number of amides is 1. The van der Waals surface area contributed by atoms with E-state index in [2.05, 4.69) is 10.3 Å². The summed E-state index contributed by atoms with van der Waals surface area (Å²) in [6.07, 6.45) is 2.09. The number of nitrogens with one attached hydrogen (secondary N) is 2. The summed E-state index contributed by atoms with van der Waals surface area (Å²) in [6, 6.07) is 9.81. The monoisotopic (exact) mass is 470 g/mol. The van der Waals surface area contributed by atoms with Crippen LogP contribution in [0.1, 0.15) is 27.0 Å². The second kappa shape index (κ2) is 9.33. The molecule has 3 aromatic rings. The van der Waals surface area contributed by atoms with Crippen LogP contribution >= 0.6 is 11.6 Å². The van der Waals surface area contributed by atoms with E-state index < -0.39 is 11.7 Å². The number of fused-ring (bicyclic) bond motifs is 1. The number of carbonyl (C=O) groups is 1. The molecular weight excluding hydrogens is 451 g/mol. The highest BCUT2D eigenvalue weighted by Gasteiger charge is 2.22. The maximum Gasteiger partial charge on any atom is 0.260 e. The number of nitrogens with zero attached hydrogens (tertiary/aromatic N) is 1. The van der Waals surface area contributed by atoms with Crippen molar-refractivity contribution >= 4 is 34.9 Å². The second-order valence-corrected chi connectivity index (χ2v) is 7.62. The van der Waals surface area contributed by atoms with Crippen molar-refractivity contribution in [2.45, 2.75) is 13.0 Å². The van der Waals surface area contributed by atoms with Crippen molar-refractivity contribution in [2.24, 2.45) is 0 Å². The number of nitrogen functional groups attached to an aromatic ring is 1. The molecule has 2 heterocycles. The number of anilines is 2. The smallest absolute Gasteiger partial charge is 0.260 e. The Kier molecular flexibility index (Phi) is 6.32. The van der Waals surface area contributed by atoms with Crippen molar-refractivity contribution in [3.05, 3.63) is 75.7 Å². The quantitative estimate of drug-likeness (QED) is 0.367. The van der Waals surface area contributed by atoms with Crippen molar-refractivity contribution in [1.29, 1.82) is 5.41 Å². The Balaban J connectivity index is 1.53. The predicted molar refractivity (Wildman–Crippen MR) is 122 cm³/mol. The molecule has 1 aliphatic heterocycles. The normalized spacial score (nSPS) is 12.0. The van der Waals surface area contributed by atoms with Crippen LogP contribution < -0.4 is 20.5 Å². The van der Waals surface area contributed by atoms with Crippen LogP contribution in [0.5, 0.6) is 11.5 Å². The number of hydrogen-bond donors (Lipinski definition) is 3. The van der Waals surface area contributed by atoms with Gasteiger partial charge in [-0.15, -0.1) is 0 Å². The number of rotatable bonds is 6. The molecule has 0 spiro atoms. The van der Waals surface area contributed by atoms with Crippen LogP contribution in [-0.4, -0.2) is 30.5 Å². The fourth-order valence-electron chi connectivity index (χ4n) is 3.37. The minimum absolute atomic E-state index is 0.0533. The molecule has 4 N–H and O–H groups in total. The molecule has 1 aliphatic rings. The molecule has 170 valence electrons. The Hall–Kier alpha value is -3.85. The van der Waals surface area contributed by atoms with E-state index in [1.165, 1.54) is 31.5 Å². The van der Waals surface area contributed by atoms with Crippen molar-refractivity contribution < 1.29 is 23.4 Å². The van der Waals surface area contributed by atoms with Gasteiger partial charge in [0.2, 0.25) is 5.90 Å². The van der Waals surface area contributed by atoms with E-state index in [0.717, 1.165) is 23.3 Å². The highest BCUT2D eigenvalue weighted by atomic mass is 35.5. The Bertz CT molecular complexity index is 1250. The molecule has 8 nitrogen and oxygen atoms in total. The van der Waals surface area contributed by atoms with Crippen LogP contribution in [0.2, 0.25) is 5.02 Å². The highest BCUT2D eigenvalue weighted by molar-refractivity contribution is 6.34. The van der Waals surface area contributed by atoms with Crippen LogP contribution in [0.4, 0.5) is 15.9 Å². The number of pyridine rings is 1. The zero-order valence-electron chi connectivity index (χ0n) is 17.6. The van der Waals surface area contributed by atoms with Crippen LogP contribution in [0.15, 0.2) is 42.6 Å². The lowest BCUT2D eigenvalue weighted by Gasteiger charge is -2.13. The van der Waals surface area contributed by atoms with Crippen molar-refractivity contribution in [1.82, 2.24) is 4.98 Å². The van der Waals surface area contributed by atoms with Gasteiger partial charge < -0.3 is 25.3 Å². The first-order chi connectivity index (χ1) is 15.9. The van der Waals surface area contributed by atoms with Gasteiger partial charge in [0.1, 0.15) is 18.2 Å². The molecule has 0 saturated carbocycles. The van der Waals surface area contributed by atoms with Gasteiger partial charge in [-0.25, -0.2) is 9.37 Å².